The second-order valence-corrected chi connectivity index (χ2v) is 4.07. The largest absolute Gasteiger partial charge is 0.416 e. The van der Waals surface area contributed by atoms with E-state index in [-0.39, 0.29) is 12.2 Å². The van der Waals surface area contributed by atoms with Crippen molar-refractivity contribution in [3.8, 4) is 0 Å². The van der Waals surface area contributed by atoms with Gasteiger partial charge in [0.2, 0.25) is 0 Å². The van der Waals surface area contributed by atoms with Gasteiger partial charge in [-0.15, -0.1) is 0 Å². The van der Waals surface area contributed by atoms with Crippen molar-refractivity contribution in [2.24, 2.45) is 0 Å². The van der Waals surface area contributed by atoms with Crippen LogP contribution in [-0.2, 0) is 11.0 Å². The van der Waals surface area contributed by atoms with Crippen LogP contribution in [-0.4, -0.2) is 29.9 Å². The topological polar surface area (TPSA) is 40.6 Å². The minimum Gasteiger partial charge on any atom is -0.315 e. The van der Waals surface area contributed by atoms with Gasteiger partial charge >= 0.3 is 12.2 Å². The number of likely N-dealkylation sites (N-methyl/N-ethyl adjacent to an activating group) is 1. The monoisotopic (exact) mass is 272 g/mol. The maximum atomic E-state index is 12.4. The van der Waals surface area contributed by atoms with E-state index in [0.29, 0.717) is 6.54 Å². The number of carbonyl (C=O) groups excluding carboxylic acids is 2. The quantitative estimate of drug-likeness (QED) is 0.776. The smallest absolute Gasteiger partial charge is 0.315 e. The molecule has 1 saturated heterocycles. The Kier molecular flexibility index (Phi) is 3.21. The third-order valence-corrected chi connectivity index (χ3v) is 2.87. The second-order valence-electron chi connectivity index (χ2n) is 4.07. The first kappa shape index (κ1) is 13.4. The number of imide groups is 1. The molecule has 7 heteroatoms. The standard InChI is InChI=1S/C12H11F3N2O2/c1-2-16-7-10(18)17(11(16)19)9-5-3-8(4-6-9)12(13,14)15/h3-6H,2,7H2,1H3. The number of hydrogen-bond donors (Lipinski definition) is 0. The molecular weight excluding hydrogens is 261 g/mol. The van der Waals surface area contributed by atoms with Crippen molar-refractivity contribution in [1.29, 1.82) is 0 Å². The average Bonchev–Trinajstić information content (AvgIpc) is 2.63. The van der Waals surface area contributed by atoms with Gasteiger partial charge < -0.3 is 4.90 Å². The molecule has 1 aliphatic heterocycles. The molecule has 0 atom stereocenters. The molecule has 4 nitrogen and oxygen atoms in total. The number of nitrogens with zero attached hydrogens (tertiary/aromatic N) is 2. The number of halogens is 3. The van der Waals surface area contributed by atoms with Crippen molar-refractivity contribution in [3.63, 3.8) is 0 Å². The highest BCUT2D eigenvalue weighted by Crippen LogP contribution is 2.31. The van der Waals surface area contributed by atoms with Gasteiger partial charge in [0.15, 0.2) is 0 Å². The Labute approximate surface area is 107 Å². The number of carbonyl (C=O) groups is 2. The van der Waals surface area contributed by atoms with E-state index in [1.54, 1.807) is 6.92 Å². The lowest BCUT2D eigenvalue weighted by atomic mass is 10.2. The summed E-state index contributed by atoms with van der Waals surface area (Å²) < 4.78 is 37.2. The number of amides is 3. The van der Waals surface area contributed by atoms with E-state index in [4.69, 9.17) is 0 Å². The lowest BCUT2D eigenvalue weighted by Gasteiger charge is -2.16. The summed E-state index contributed by atoms with van der Waals surface area (Å²) in [6.07, 6.45) is -4.44. The first-order valence-corrected chi connectivity index (χ1v) is 5.63. The fourth-order valence-corrected chi connectivity index (χ4v) is 1.85. The van der Waals surface area contributed by atoms with Crippen LogP contribution in [0.1, 0.15) is 12.5 Å². The molecule has 1 fully saturated rings. The second kappa shape index (κ2) is 4.56. The molecule has 1 heterocycles. The van der Waals surface area contributed by atoms with E-state index in [1.807, 2.05) is 0 Å². The molecule has 0 saturated carbocycles. The van der Waals surface area contributed by atoms with Crippen LogP contribution in [0.25, 0.3) is 0 Å². The highest BCUT2D eigenvalue weighted by atomic mass is 19.4. The van der Waals surface area contributed by atoms with Crippen LogP contribution < -0.4 is 4.90 Å². The van der Waals surface area contributed by atoms with E-state index in [0.717, 1.165) is 29.2 Å². The molecular formula is C12H11F3N2O2. The van der Waals surface area contributed by atoms with Crippen LogP contribution in [0.15, 0.2) is 24.3 Å². The van der Waals surface area contributed by atoms with Gasteiger partial charge in [-0.25, -0.2) is 9.69 Å². The molecule has 0 N–H and O–H groups in total. The summed E-state index contributed by atoms with van der Waals surface area (Å²) in [5.74, 6) is -0.438. The molecule has 3 amide bonds. The summed E-state index contributed by atoms with van der Waals surface area (Å²) >= 11 is 0. The first-order chi connectivity index (χ1) is 8.84. The summed E-state index contributed by atoms with van der Waals surface area (Å²) in [7, 11) is 0. The molecule has 0 radical (unpaired) electrons. The molecule has 19 heavy (non-hydrogen) atoms. The number of hydrogen-bond acceptors (Lipinski definition) is 2. The van der Waals surface area contributed by atoms with E-state index in [2.05, 4.69) is 0 Å². The van der Waals surface area contributed by atoms with Crippen LogP contribution >= 0.6 is 0 Å². The van der Waals surface area contributed by atoms with Gasteiger partial charge in [0.1, 0.15) is 6.54 Å². The Morgan fingerprint density at radius 3 is 2.16 bits per heavy atom. The molecule has 0 bridgehead atoms. The van der Waals surface area contributed by atoms with E-state index >= 15 is 0 Å². The van der Waals surface area contributed by atoms with Crippen LogP contribution in [0.5, 0.6) is 0 Å². The van der Waals surface area contributed by atoms with Crippen LogP contribution in [0.2, 0.25) is 0 Å². The molecule has 0 unspecified atom stereocenters. The first-order valence-electron chi connectivity index (χ1n) is 5.63. The number of alkyl halides is 3. The Hall–Kier alpha value is -2.05. The minimum atomic E-state index is -4.44. The van der Waals surface area contributed by atoms with E-state index in [1.165, 1.54) is 4.90 Å². The Morgan fingerprint density at radius 1 is 1.16 bits per heavy atom. The highest BCUT2D eigenvalue weighted by molar-refractivity contribution is 6.19. The van der Waals surface area contributed by atoms with Gasteiger partial charge in [0.25, 0.3) is 5.91 Å². The van der Waals surface area contributed by atoms with Gasteiger partial charge in [0.05, 0.1) is 11.3 Å². The molecule has 0 aliphatic carbocycles. The van der Waals surface area contributed by atoms with E-state index < -0.39 is 23.7 Å². The summed E-state index contributed by atoms with van der Waals surface area (Å²) in [5.41, 5.74) is -0.665. The normalized spacial score (nSPS) is 16.4. The molecule has 1 aliphatic rings. The Morgan fingerprint density at radius 2 is 1.74 bits per heavy atom. The van der Waals surface area contributed by atoms with Crippen molar-refractivity contribution in [2.45, 2.75) is 13.1 Å². The van der Waals surface area contributed by atoms with Crippen LogP contribution in [0.3, 0.4) is 0 Å². The number of rotatable bonds is 2. The van der Waals surface area contributed by atoms with E-state index in [9.17, 15) is 22.8 Å². The van der Waals surface area contributed by atoms with Gasteiger partial charge in [-0.2, -0.15) is 13.2 Å². The number of urea groups is 1. The summed E-state index contributed by atoms with van der Waals surface area (Å²) in [6.45, 7) is 2.06. The lowest BCUT2D eigenvalue weighted by Crippen LogP contribution is -2.32. The average molecular weight is 272 g/mol. The molecule has 102 valence electrons. The zero-order valence-corrected chi connectivity index (χ0v) is 10.1. The fraction of sp³-hybridized carbons (Fsp3) is 0.333. The summed E-state index contributed by atoms with van der Waals surface area (Å²) in [6, 6.07) is 3.44. The third kappa shape index (κ3) is 2.40. The molecule has 1 aromatic rings. The zero-order valence-electron chi connectivity index (χ0n) is 10.1. The minimum absolute atomic E-state index is 0.0453. The molecule has 2 rings (SSSR count). The van der Waals surface area contributed by atoms with Gasteiger partial charge in [0, 0.05) is 6.54 Å². The predicted octanol–water partition coefficient (Wildman–Crippen LogP) is 2.49. The maximum Gasteiger partial charge on any atom is 0.416 e. The van der Waals surface area contributed by atoms with Crippen LogP contribution in [0, 0.1) is 0 Å². The zero-order chi connectivity index (χ0) is 14.2. The number of anilines is 1. The Bertz CT molecular complexity index is 511. The van der Waals surface area contributed by atoms with Gasteiger partial charge in [-0.05, 0) is 31.2 Å². The molecule has 0 spiro atoms. The molecule has 1 aromatic carbocycles. The van der Waals surface area contributed by atoms with Gasteiger partial charge in [-0.3, -0.25) is 4.79 Å². The molecule has 0 aromatic heterocycles. The van der Waals surface area contributed by atoms with Crippen molar-refractivity contribution < 1.29 is 22.8 Å². The Balaban J connectivity index is 2.28. The van der Waals surface area contributed by atoms with Crippen molar-refractivity contribution in [1.82, 2.24) is 4.90 Å². The summed E-state index contributed by atoms with van der Waals surface area (Å²) in [5, 5.41) is 0. The maximum absolute atomic E-state index is 12.4. The van der Waals surface area contributed by atoms with Crippen molar-refractivity contribution >= 4 is 17.6 Å². The van der Waals surface area contributed by atoms with Crippen molar-refractivity contribution in [3.05, 3.63) is 29.8 Å². The summed E-state index contributed by atoms with van der Waals surface area (Å²) in [4.78, 5) is 25.7. The van der Waals surface area contributed by atoms with Gasteiger partial charge in [-0.1, -0.05) is 0 Å². The lowest BCUT2D eigenvalue weighted by molar-refractivity contribution is -0.137. The third-order valence-electron chi connectivity index (χ3n) is 2.87. The fourth-order valence-electron chi connectivity index (χ4n) is 1.85. The number of benzene rings is 1. The highest BCUT2D eigenvalue weighted by Gasteiger charge is 2.37. The van der Waals surface area contributed by atoms with Crippen molar-refractivity contribution in [2.75, 3.05) is 18.0 Å². The van der Waals surface area contributed by atoms with Crippen LogP contribution in [0.4, 0.5) is 23.7 Å². The predicted molar refractivity (Wildman–Crippen MR) is 61.6 cm³/mol. The SMILES string of the molecule is CCN1CC(=O)N(c2ccc(C(F)(F)F)cc2)C1=O.